The zero-order valence-electron chi connectivity index (χ0n) is 31.8. The predicted octanol–water partition coefficient (Wildman–Crippen LogP) is 13.0. The number of aromatic nitrogens is 1. The van der Waals surface area contributed by atoms with E-state index in [4.69, 9.17) is 18.9 Å². The van der Waals surface area contributed by atoms with Gasteiger partial charge in [0.1, 0.15) is 6.61 Å². The fourth-order valence-electron chi connectivity index (χ4n) is 6.04. The van der Waals surface area contributed by atoms with Gasteiger partial charge in [0.2, 0.25) is 5.75 Å². The minimum atomic E-state index is -0.375. The van der Waals surface area contributed by atoms with Gasteiger partial charge in [-0.1, -0.05) is 156 Å². The molecule has 0 aliphatic carbocycles. The van der Waals surface area contributed by atoms with Crippen LogP contribution in [-0.4, -0.2) is 30.8 Å². The van der Waals surface area contributed by atoms with Crippen molar-refractivity contribution in [1.82, 2.24) is 4.98 Å². The number of carbonyl (C=O) groups is 1. The molecule has 0 amide bonds. The third kappa shape index (κ3) is 21.1. The lowest BCUT2D eigenvalue weighted by atomic mass is 10.1. The highest BCUT2D eigenvalue weighted by molar-refractivity contribution is 5.89. The van der Waals surface area contributed by atoms with Crippen molar-refractivity contribution in [2.75, 3.05) is 19.8 Å². The zero-order chi connectivity index (χ0) is 35.0. The van der Waals surface area contributed by atoms with E-state index < -0.39 is 0 Å². The highest BCUT2D eigenvalue weighted by Gasteiger charge is 2.17. The van der Waals surface area contributed by atoms with E-state index in [1.807, 2.05) is 12.1 Å². The van der Waals surface area contributed by atoms with Crippen LogP contribution in [0.15, 0.2) is 36.7 Å². The number of rotatable bonds is 33. The van der Waals surface area contributed by atoms with Gasteiger partial charge in [0.15, 0.2) is 11.5 Å². The Bertz CT molecular complexity index is 1020. The SMILES string of the molecule is CCCCCCCCCCOc1cc(COC(=O)c2ccncc2)cc(OCCCCCCCCCC)c1OCCCCCCCCCC. The standard InChI is InChI=1S/C43H71NO5/c1-4-7-10-13-16-19-22-25-32-46-40-35-38(37-49-43(45)39-28-30-44-31-29-39)36-41(47-33-26-23-20-17-14-11-8-5-2)42(40)48-34-27-24-21-18-15-12-9-6-3/h28-31,35-36H,4-27,32-34,37H2,1-3H3. The van der Waals surface area contributed by atoms with Gasteiger partial charge in [0.05, 0.1) is 25.4 Å². The Morgan fingerprint density at radius 2 is 0.878 bits per heavy atom. The van der Waals surface area contributed by atoms with Gasteiger partial charge in [-0.3, -0.25) is 4.98 Å². The number of benzene rings is 1. The van der Waals surface area contributed by atoms with E-state index in [0.29, 0.717) is 42.6 Å². The average molecular weight is 682 g/mol. The van der Waals surface area contributed by atoms with Gasteiger partial charge in [-0.25, -0.2) is 4.79 Å². The molecular weight excluding hydrogens is 610 g/mol. The molecule has 1 heterocycles. The number of hydrogen-bond acceptors (Lipinski definition) is 6. The van der Waals surface area contributed by atoms with Crippen molar-refractivity contribution in [3.05, 3.63) is 47.8 Å². The van der Waals surface area contributed by atoms with Crippen LogP contribution in [0.4, 0.5) is 0 Å². The lowest BCUT2D eigenvalue weighted by molar-refractivity contribution is 0.0471. The summed E-state index contributed by atoms with van der Waals surface area (Å²) < 4.78 is 25.0. The summed E-state index contributed by atoms with van der Waals surface area (Å²) in [4.78, 5) is 16.7. The van der Waals surface area contributed by atoms with E-state index in [-0.39, 0.29) is 12.6 Å². The van der Waals surface area contributed by atoms with Crippen molar-refractivity contribution in [2.24, 2.45) is 0 Å². The summed E-state index contributed by atoms with van der Waals surface area (Å²) in [5, 5.41) is 0. The van der Waals surface area contributed by atoms with Crippen LogP contribution in [0.1, 0.15) is 191 Å². The number of unbranched alkanes of at least 4 members (excludes halogenated alkanes) is 21. The summed E-state index contributed by atoms with van der Waals surface area (Å²) in [6.07, 6.45) is 33.2. The van der Waals surface area contributed by atoms with E-state index in [9.17, 15) is 4.79 Å². The molecule has 0 unspecified atom stereocenters. The summed E-state index contributed by atoms with van der Waals surface area (Å²) in [5.41, 5.74) is 1.32. The Labute approximate surface area is 300 Å². The van der Waals surface area contributed by atoms with Gasteiger partial charge in [-0.05, 0) is 49.1 Å². The molecule has 0 fully saturated rings. The van der Waals surface area contributed by atoms with Gasteiger partial charge in [-0.15, -0.1) is 0 Å². The van der Waals surface area contributed by atoms with Gasteiger partial charge in [0, 0.05) is 12.4 Å². The number of nitrogens with zero attached hydrogens (tertiary/aromatic N) is 1. The van der Waals surface area contributed by atoms with Crippen LogP contribution in [-0.2, 0) is 11.3 Å². The molecule has 0 N–H and O–H groups in total. The molecule has 0 spiro atoms. The lowest BCUT2D eigenvalue weighted by Gasteiger charge is -2.19. The topological polar surface area (TPSA) is 66.9 Å². The van der Waals surface area contributed by atoms with Crippen LogP contribution in [0.5, 0.6) is 17.2 Å². The molecule has 278 valence electrons. The second-order valence-electron chi connectivity index (χ2n) is 13.7. The van der Waals surface area contributed by atoms with Crippen molar-refractivity contribution in [3.8, 4) is 17.2 Å². The second-order valence-corrected chi connectivity index (χ2v) is 13.7. The largest absolute Gasteiger partial charge is 0.490 e. The first-order valence-corrected chi connectivity index (χ1v) is 20.3. The molecule has 1 aromatic carbocycles. The molecule has 2 aromatic rings. The van der Waals surface area contributed by atoms with Crippen LogP contribution >= 0.6 is 0 Å². The predicted molar refractivity (Wildman–Crippen MR) is 204 cm³/mol. The maximum absolute atomic E-state index is 12.7. The Morgan fingerprint density at radius 1 is 0.510 bits per heavy atom. The van der Waals surface area contributed by atoms with E-state index in [1.165, 1.54) is 116 Å². The zero-order valence-corrected chi connectivity index (χ0v) is 31.8. The normalized spacial score (nSPS) is 11.1. The van der Waals surface area contributed by atoms with Crippen LogP contribution in [0.25, 0.3) is 0 Å². The molecule has 0 bridgehead atoms. The minimum absolute atomic E-state index is 0.127. The van der Waals surface area contributed by atoms with Crippen LogP contribution in [0.2, 0.25) is 0 Å². The highest BCUT2D eigenvalue weighted by atomic mass is 16.5. The van der Waals surface area contributed by atoms with E-state index >= 15 is 0 Å². The number of hydrogen-bond donors (Lipinski definition) is 0. The fourth-order valence-corrected chi connectivity index (χ4v) is 6.04. The molecule has 0 atom stereocenters. The first-order valence-electron chi connectivity index (χ1n) is 20.3. The smallest absolute Gasteiger partial charge is 0.338 e. The maximum Gasteiger partial charge on any atom is 0.338 e. The van der Waals surface area contributed by atoms with Gasteiger partial charge >= 0.3 is 5.97 Å². The first kappa shape index (κ1) is 42.4. The molecule has 49 heavy (non-hydrogen) atoms. The Balaban J connectivity index is 2.07. The lowest BCUT2D eigenvalue weighted by Crippen LogP contribution is -2.09. The van der Waals surface area contributed by atoms with Crippen molar-refractivity contribution in [1.29, 1.82) is 0 Å². The summed E-state index contributed by atoms with van der Waals surface area (Å²) in [7, 11) is 0. The highest BCUT2D eigenvalue weighted by Crippen LogP contribution is 2.40. The fraction of sp³-hybridized carbons (Fsp3) is 0.721. The van der Waals surface area contributed by atoms with Crippen molar-refractivity contribution in [3.63, 3.8) is 0 Å². The molecule has 0 saturated heterocycles. The molecular formula is C43H71NO5. The van der Waals surface area contributed by atoms with Gasteiger partial charge < -0.3 is 18.9 Å². The summed E-state index contributed by atoms with van der Waals surface area (Å²) in [5.74, 6) is 1.68. The van der Waals surface area contributed by atoms with Gasteiger partial charge in [-0.2, -0.15) is 0 Å². The monoisotopic (exact) mass is 682 g/mol. The van der Waals surface area contributed by atoms with Gasteiger partial charge in [0.25, 0.3) is 0 Å². The minimum Gasteiger partial charge on any atom is -0.490 e. The molecule has 6 heteroatoms. The molecule has 1 aromatic heterocycles. The third-order valence-electron chi connectivity index (χ3n) is 9.12. The van der Waals surface area contributed by atoms with Crippen molar-refractivity contribution >= 4 is 5.97 Å². The third-order valence-corrected chi connectivity index (χ3v) is 9.12. The van der Waals surface area contributed by atoms with Crippen molar-refractivity contribution < 1.29 is 23.7 Å². The summed E-state index contributed by atoms with van der Waals surface area (Å²) in [6, 6.07) is 7.27. The number of pyridine rings is 1. The molecule has 0 aliphatic heterocycles. The van der Waals surface area contributed by atoms with Crippen LogP contribution in [0, 0.1) is 0 Å². The Hall–Kier alpha value is -2.76. The van der Waals surface area contributed by atoms with Crippen LogP contribution < -0.4 is 14.2 Å². The molecule has 0 saturated carbocycles. The first-order chi connectivity index (χ1) is 24.2. The summed E-state index contributed by atoms with van der Waals surface area (Å²) in [6.45, 7) is 8.80. The van der Waals surface area contributed by atoms with E-state index in [0.717, 1.165) is 44.1 Å². The average Bonchev–Trinajstić information content (AvgIpc) is 3.12. The van der Waals surface area contributed by atoms with Crippen LogP contribution in [0.3, 0.4) is 0 Å². The van der Waals surface area contributed by atoms with Crippen molar-refractivity contribution in [2.45, 2.75) is 181 Å². The van der Waals surface area contributed by atoms with E-state index in [2.05, 4.69) is 25.8 Å². The Morgan fingerprint density at radius 3 is 1.29 bits per heavy atom. The summed E-state index contributed by atoms with van der Waals surface area (Å²) >= 11 is 0. The Kier molecular flexibility index (Phi) is 26.0. The second kappa shape index (κ2) is 30.1. The number of ether oxygens (including phenoxy) is 4. The number of carbonyl (C=O) groups excluding carboxylic acids is 1. The molecule has 2 rings (SSSR count). The molecule has 6 nitrogen and oxygen atoms in total. The van der Waals surface area contributed by atoms with E-state index in [1.54, 1.807) is 24.5 Å². The maximum atomic E-state index is 12.7. The molecule has 0 aliphatic rings. The quantitative estimate of drug-likeness (QED) is 0.0552. The number of esters is 1. The molecule has 0 radical (unpaired) electrons.